The van der Waals surface area contributed by atoms with Gasteiger partial charge in [-0.15, -0.1) is 0 Å². The van der Waals surface area contributed by atoms with Gasteiger partial charge < -0.3 is 0 Å². The van der Waals surface area contributed by atoms with Gasteiger partial charge in [-0.05, 0) is 41.7 Å². The normalized spacial score (nSPS) is 31.7. The third-order valence-electron chi connectivity index (χ3n) is 4.08. The molecule has 0 saturated heterocycles. The average molecular weight is 203 g/mol. The summed E-state index contributed by atoms with van der Waals surface area (Å²) in [4.78, 5) is 10.4. The second-order valence-corrected chi connectivity index (χ2v) is 5.03. The van der Waals surface area contributed by atoms with E-state index >= 15 is 0 Å². The first-order valence-corrected chi connectivity index (χ1v) is 5.39. The molecule has 2 bridgehead atoms. The van der Waals surface area contributed by atoms with Gasteiger partial charge in [-0.3, -0.25) is 10.1 Å². The van der Waals surface area contributed by atoms with Gasteiger partial charge in [0.05, 0.1) is 4.92 Å². The first-order valence-electron chi connectivity index (χ1n) is 5.39. The van der Waals surface area contributed by atoms with Crippen LogP contribution in [0.4, 0.5) is 5.69 Å². The van der Waals surface area contributed by atoms with Gasteiger partial charge in [0.1, 0.15) is 0 Å². The third-order valence-corrected chi connectivity index (χ3v) is 4.08. The summed E-state index contributed by atoms with van der Waals surface area (Å²) in [7, 11) is 0. The molecule has 2 aliphatic carbocycles. The molecule has 0 radical (unpaired) electrons. The topological polar surface area (TPSA) is 43.1 Å². The van der Waals surface area contributed by atoms with Crippen molar-refractivity contribution < 1.29 is 4.92 Å². The second-order valence-electron chi connectivity index (χ2n) is 5.03. The quantitative estimate of drug-likeness (QED) is 0.519. The Hall–Kier alpha value is -1.38. The van der Waals surface area contributed by atoms with E-state index in [1.807, 2.05) is 6.07 Å². The summed E-state index contributed by atoms with van der Waals surface area (Å²) in [5.41, 5.74) is 3.13. The molecule has 0 N–H and O–H groups in total. The lowest BCUT2D eigenvalue weighted by molar-refractivity contribution is -0.384. The Balaban J connectivity index is 2.16. The van der Waals surface area contributed by atoms with Gasteiger partial charge in [0.15, 0.2) is 0 Å². The van der Waals surface area contributed by atoms with E-state index < -0.39 is 0 Å². The maximum Gasteiger partial charge on any atom is 0.269 e. The minimum Gasteiger partial charge on any atom is -0.258 e. The van der Waals surface area contributed by atoms with Crippen LogP contribution in [0.3, 0.4) is 0 Å². The summed E-state index contributed by atoms with van der Waals surface area (Å²) in [6.07, 6.45) is 3.62. The van der Waals surface area contributed by atoms with Crippen LogP contribution in [0.1, 0.15) is 43.2 Å². The van der Waals surface area contributed by atoms with Crippen molar-refractivity contribution in [3.8, 4) is 0 Å². The number of hydrogen-bond donors (Lipinski definition) is 0. The minimum absolute atomic E-state index is 0.241. The van der Waals surface area contributed by atoms with Crippen LogP contribution in [0.2, 0.25) is 0 Å². The molecule has 0 aromatic heterocycles. The van der Waals surface area contributed by atoms with Crippen LogP contribution in [0, 0.1) is 10.1 Å². The summed E-state index contributed by atoms with van der Waals surface area (Å²) < 4.78 is 0. The zero-order valence-electron chi connectivity index (χ0n) is 8.69. The van der Waals surface area contributed by atoms with E-state index in [1.165, 1.54) is 30.4 Å². The molecule has 1 aromatic rings. The average Bonchev–Trinajstić information content (AvgIpc) is 2.72. The Morgan fingerprint density at radius 3 is 3.07 bits per heavy atom. The van der Waals surface area contributed by atoms with Crippen molar-refractivity contribution in [3.63, 3.8) is 0 Å². The van der Waals surface area contributed by atoms with Crippen LogP contribution in [0.25, 0.3) is 0 Å². The molecule has 2 atom stereocenters. The fourth-order valence-corrected chi connectivity index (χ4v) is 3.30. The summed E-state index contributed by atoms with van der Waals surface area (Å²) in [5, 5.41) is 10.7. The molecule has 0 amide bonds. The van der Waals surface area contributed by atoms with E-state index in [2.05, 4.69) is 6.92 Å². The highest BCUT2D eigenvalue weighted by Gasteiger charge is 2.46. The number of rotatable bonds is 1. The third kappa shape index (κ3) is 1.06. The molecule has 1 fully saturated rings. The zero-order chi connectivity index (χ0) is 10.6. The number of hydrogen-bond acceptors (Lipinski definition) is 2. The lowest BCUT2D eigenvalue weighted by atomic mass is 9.81. The highest BCUT2D eigenvalue weighted by Crippen LogP contribution is 2.57. The van der Waals surface area contributed by atoms with E-state index in [0.29, 0.717) is 11.3 Å². The van der Waals surface area contributed by atoms with E-state index in [9.17, 15) is 10.1 Å². The first kappa shape index (κ1) is 8.89. The maximum atomic E-state index is 10.7. The Labute approximate surface area is 88.3 Å². The number of nitrogens with zero attached hydrogens (tertiary/aromatic N) is 1. The Morgan fingerprint density at radius 2 is 2.33 bits per heavy atom. The van der Waals surface area contributed by atoms with Crippen LogP contribution >= 0.6 is 0 Å². The van der Waals surface area contributed by atoms with Gasteiger partial charge in [-0.25, -0.2) is 0 Å². The van der Waals surface area contributed by atoms with Gasteiger partial charge in [-0.1, -0.05) is 13.0 Å². The molecule has 3 nitrogen and oxygen atoms in total. The fraction of sp³-hybridized carbons (Fsp3) is 0.500. The Kier molecular flexibility index (Phi) is 1.54. The SMILES string of the molecule is CC12CCC(C1)c1cc([N+](=O)[O-])ccc12. The number of non-ortho nitro benzene ring substituents is 1. The Morgan fingerprint density at radius 1 is 1.53 bits per heavy atom. The summed E-state index contributed by atoms with van der Waals surface area (Å²) in [6.45, 7) is 2.28. The number of benzene rings is 1. The number of nitro groups is 1. The van der Waals surface area contributed by atoms with Gasteiger partial charge >= 0.3 is 0 Å². The fourth-order valence-electron chi connectivity index (χ4n) is 3.30. The van der Waals surface area contributed by atoms with Gasteiger partial charge in [0.2, 0.25) is 0 Å². The molecular formula is C12H13NO2. The highest BCUT2D eigenvalue weighted by molar-refractivity contribution is 5.50. The van der Waals surface area contributed by atoms with Crippen LogP contribution in [0.15, 0.2) is 18.2 Å². The minimum atomic E-state index is -0.297. The zero-order valence-corrected chi connectivity index (χ0v) is 8.69. The summed E-state index contributed by atoms with van der Waals surface area (Å²) in [6, 6.07) is 5.39. The standard InChI is InChI=1S/C12H13NO2/c1-12-5-4-8(7-12)10-6-9(13(14)15)2-3-11(10)12/h2-3,6,8H,4-5,7H2,1H3. The predicted octanol–water partition coefficient (Wildman–Crippen LogP) is 3.13. The van der Waals surface area contributed by atoms with E-state index in [0.717, 1.165) is 0 Å². The van der Waals surface area contributed by atoms with Crippen molar-refractivity contribution >= 4 is 5.69 Å². The van der Waals surface area contributed by atoms with Crippen LogP contribution < -0.4 is 0 Å². The van der Waals surface area contributed by atoms with Crippen molar-refractivity contribution in [2.75, 3.05) is 0 Å². The summed E-state index contributed by atoms with van der Waals surface area (Å²) in [5.74, 6) is 0.574. The number of fused-ring (bicyclic) bond motifs is 5. The molecule has 0 spiro atoms. The Bertz CT molecular complexity index is 455. The van der Waals surface area contributed by atoms with Crippen molar-refractivity contribution in [1.82, 2.24) is 0 Å². The second kappa shape index (κ2) is 2.60. The molecule has 2 unspecified atom stereocenters. The van der Waals surface area contributed by atoms with Gasteiger partial charge in [-0.2, -0.15) is 0 Å². The van der Waals surface area contributed by atoms with Crippen molar-refractivity contribution in [2.24, 2.45) is 0 Å². The predicted molar refractivity (Wildman–Crippen MR) is 57.0 cm³/mol. The van der Waals surface area contributed by atoms with Crippen molar-refractivity contribution in [1.29, 1.82) is 0 Å². The summed E-state index contributed by atoms with van der Waals surface area (Å²) >= 11 is 0. The van der Waals surface area contributed by atoms with Gasteiger partial charge in [0.25, 0.3) is 5.69 Å². The molecule has 78 valence electrons. The van der Waals surface area contributed by atoms with Crippen LogP contribution in [-0.2, 0) is 5.41 Å². The molecular weight excluding hydrogens is 190 g/mol. The monoisotopic (exact) mass is 203 g/mol. The highest BCUT2D eigenvalue weighted by atomic mass is 16.6. The van der Waals surface area contributed by atoms with Crippen LogP contribution in [0.5, 0.6) is 0 Å². The maximum absolute atomic E-state index is 10.7. The number of nitro benzene ring substituents is 1. The molecule has 3 heteroatoms. The lowest BCUT2D eigenvalue weighted by Gasteiger charge is -2.23. The molecule has 2 aliphatic rings. The molecule has 0 heterocycles. The largest absolute Gasteiger partial charge is 0.269 e. The van der Waals surface area contributed by atoms with Gasteiger partial charge in [0, 0.05) is 12.1 Å². The van der Waals surface area contributed by atoms with Crippen molar-refractivity contribution in [2.45, 2.75) is 37.5 Å². The van der Waals surface area contributed by atoms with Crippen molar-refractivity contribution in [3.05, 3.63) is 39.4 Å². The lowest BCUT2D eigenvalue weighted by Crippen LogP contribution is -2.15. The molecule has 1 saturated carbocycles. The molecule has 3 rings (SSSR count). The van der Waals surface area contributed by atoms with E-state index in [1.54, 1.807) is 12.1 Å². The molecule has 1 aromatic carbocycles. The molecule has 15 heavy (non-hydrogen) atoms. The molecule has 0 aliphatic heterocycles. The first-order chi connectivity index (χ1) is 7.10. The smallest absolute Gasteiger partial charge is 0.258 e. The van der Waals surface area contributed by atoms with E-state index in [4.69, 9.17) is 0 Å². The van der Waals surface area contributed by atoms with Crippen LogP contribution in [-0.4, -0.2) is 4.92 Å². The van der Waals surface area contributed by atoms with E-state index in [-0.39, 0.29) is 10.6 Å².